The lowest BCUT2D eigenvalue weighted by Gasteiger charge is -2.21. The van der Waals surface area contributed by atoms with Crippen molar-refractivity contribution in [1.82, 2.24) is 0 Å². The Morgan fingerprint density at radius 2 is 1.44 bits per heavy atom. The van der Waals surface area contributed by atoms with Gasteiger partial charge in [0.15, 0.2) is 6.04 Å². The molecule has 0 aliphatic heterocycles. The highest BCUT2D eigenvalue weighted by Gasteiger charge is 2.25. The molecule has 3 rings (SSSR count). The van der Waals surface area contributed by atoms with Crippen LogP contribution >= 0.6 is 0 Å². The van der Waals surface area contributed by atoms with Gasteiger partial charge in [0, 0.05) is 17.2 Å². The van der Waals surface area contributed by atoms with Gasteiger partial charge in [0.05, 0.1) is 5.69 Å². The van der Waals surface area contributed by atoms with E-state index in [9.17, 15) is 13.6 Å². The summed E-state index contributed by atoms with van der Waals surface area (Å²) in [7, 11) is 0. The number of carbonyl (C=O) groups excluding carboxylic acids is 1. The Balaban J connectivity index is 1.79. The van der Waals surface area contributed by atoms with E-state index in [1.807, 2.05) is 66.0 Å². The van der Waals surface area contributed by atoms with Crippen LogP contribution in [-0.2, 0) is 4.79 Å². The van der Waals surface area contributed by atoms with Gasteiger partial charge in [-0.3, -0.25) is 4.79 Å². The lowest BCUT2D eigenvalue weighted by molar-refractivity contribution is -0.704. The molecule has 138 valence electrons. The predicted molar refractivity (Wildman–Crippen MR) is 101 cm³/mol. The largest absolute Gasteiger partial charge is 0.326 e. The van der Waals surface area contributed by atoms with E-state index in [0.29, 0.717) is 0 Å². The molecule has 1 atom stereocenters. The smallest absolute Gasteiger partial charge is 0.282 e. The van der Waals surface area contributed by atoms with Gasteiger partial charge in [0.2, 0.25) is 0 Å². The van der Waals surface area contributed by atoms with Crippen molar-refractivity contribution < 1.29 is 18.9 Å². The second-order valence-corrected chi connectivity index (χ2v) is 6.39. The first-order valence-electron chi connectivity index (χ1n) is 8.75. The van der Waals surface area contributed by atoms with E-state index >= 15 is 0 Å². The monoisotopic (exact) mass is 367 g/mol. The summed E-state index contributed by atoms with van der Waals surface area (Å²) in [4.78, 5) is 12.5. The molecule has 0 fully saturated rings. The van der Waals surface area contributed by atoms with E-state index in [4.69, 9.17) is 0 Å². The highest BCUT2D eigenvalue weighted by atomic mass is 19.1. The predicted octanol–water partition coefficient (Wildman–Crippen LogP) is 3.64. The number of rotatable bonds is 6. The average Bonchev–Trinajstić information content (AvgIpc) is 2.70. The minimum atomic E-state index is -0.667. The van der Waals surface area contributed by atoms with Crippen molar-refractivity contribution in [2.75, 3.05) is 5.32 Å². The maximum Gasteiger partial charge on any atom is 0.282 e. The van der Waals surface area contributed by atoms with Crippen molar-refractivity contribution >= 4 is 11.6 Å². The molecule has 0 radical (unpaired) electrons. The fourth-order valence-corrected chi connectivity index (χ4v) is 2.95. The van der Waals surface area contributed by atoms with Crippen LogP contribution in [-0.4, -0.2) is 11.9 Å². The number of nitrogens with two attached hydrogens (primary N) is 1. The van der Waals surface area contributed by atoms with Gasteiger partial charge in [-0.1, -0.05) is 60.7 Å². The Hall–Kier alpha value is -3.05. The maximum absolute atomic E-state index is 13.8. The summed E-state index contributed by atoms with van der Waals surface area (Å²) in [5.41, 5.74) is 1.96. The molecule has 0 spiro atoms. The van der Waals surface area contributed by atoms with Crippen LogP contribution in [0.25, 0.3) is 0 Å². The number of anilines is 1. The minimum absolute atomic E-state index is 0.0921. The van der Waals surface area contributed by atoms with Gasteiger partial charge >= 0.3 is 0 Å². The molecule has 5 heteroatoms. The fourth-order valence-electron chi connectivity index (χ4n) is 2.95. The van der Waals surface area contributed by atoms with Crippen LogP contribution in [0, 0.1) is 11.6 Å². The van der Waals surface area contributed by atoms with Crippen LogP contribution < -0.4 is 10.6 Å². The summed E-state index contributed by atoms with van der Waals surface area (Å²) in [6, 6.07) is 22.1. The first kappa shape index (κ1) is 18.7. The minimum Gasteiger partial charge on any atom is -0.326 e. The first-order chi connectivity index (χ1) is 13.0. The summed E-state index contributed by atoms with van der Waals surface area (Å²) in [5, 5.41) is 4.39. The summed E-state index contributed by atoms with van der Waals surface area (Å²) in [6.45, 7) is 1.74. The van der Waals surface area contributed by atoms with Crippen LogP contribution in [0.2, 0.25) is 0 Å². The van der Waals surface area contributed by atoms with Gasteiger partial charge in [-0.2, -0.15) is 0 Å². The zero-order valence-corrected chi connectivity index (χ0v) is 14.9. The molecule has 1 amide bonds. The van der Waals surface area contributed by atoms with Crippen LogP contribution in [0.3, 0.4) is 0 Å². The van der Waals surface area contributed by atoms with E-state index in [1.165, 1.54) is 0 Å². The van der Waals surface area contributed by atoms with Gasteiger partial charge in [-0.15, -0.1) is 0 Å². The van der Waals surface area contributed by atoms with Gasteiger partial charge in [-0.05, 0) is 19.1 Å². The molecule has 3 nitrogen and oxygen atoms in total. The number of quaternary nitrogens is 1. The second-order valence-electron chi connectivity index (χ2n) is 6.39. The third-order valence-corrected chi connectivity index (χ3v) is 4.40. The van der Waals surface area contributed by atoms with Crippen molar-refractivity contribution in [2.45, 2.75) is 19.0 Å². The van der Waals surface area contributed by atoms with Crippen molar-refractivity contribution in [2.24, 2.45) is 0 Å². The van der Waals surface area contributed by atoms with E-state index in [0.717, 1.165) is 29.3 Å². The van der Waals surface area contributed by atoms with E-state index < -0.39 is 23.6 Å². The number of halogens is 2. The molecule has 0 unspecified atom stereocenters. The molecular formula is C22H21F2N2O+. The van der Waals surface area contributed by atoms with E-state index in [-0.39, 0.29) is 11.7 Å². The Morgan fingerprint density at radius 3 is 2.00 bits per heavy atom. The number of hydrogen-bond donors (Lipinski definition) is 2. The molecule has 3 aromatic carbocycles. The molecule has 0 bridgehead atoms. The quantitative estimate of drug-likeness (QED) is 0.686. The van der Waals surface area contributed by atoms with Crippen molar-refractivity contribution in [1.29, 1.82) is 0 Å². The number of benzene rings is 3. The zero-order valence-electron chi connectivity index (χ0n) is 14.9. The maximum atomic E-state index is 13.8. The van der Waals surface area contributed by atoms with Crippen molar-refractivity contribution in [3.05, 3.63) is 102 Å². The molecular weight excluding hydrogens is 346 g/mol. The summed E-state index contributed by atoms with van der Waals surface area (Å²) in [6.07, 6.45) is 0. The van der Waals surface area contributed by atoms with Gasteiger partial charge in [0.25, 0.3) is 5.91 Å². The third-order valence-electron chi connectivity index (χ3n) is 4.40. The van der Waals surface area contributed by atoms with Crippen LogP contribution in [0.4, 0.5) is 14.5 Å². The number of hydrogen-bond acceptors (Lipinski definition) is 1. The van der Waals surface area contributed by atoms with E-state index in [1.54, 1.807) is 6.92 Å². The molecule has 0 aliphatic carbocycles. The van der Waals surface area contributed by atoms with Gasteiger partial charge in [0.1, 0.15) is 17.7 Å². The molecule has 0 saturated carbocycles. The molecule has 0 aliphatic rings. The summed E-state index contributed by atoms with van der Waals surface area (Å²) >= 11 is 0. The first-order valence-corrected chi connectivity index (χ1v) is 8.75. The van der Waals surface area contributed by atoms with Crippen molar-refractivity contribution in [3.8, 4) is 0 Å². The molecule has 0 aromatic heterocycles. The molecule has 3 N–H and O–H groups in total. The Morgan fingerprint density at radius 1 is 0.889 bits per heavy atom. The van der Waals surface area contributed by atoms with Crippen molar-refractivity contribution in [3.63, 3.8) is 0 Å². The topological polar surface area (TPSA) is 45.7 Å². The lowest BCUT2D eigenvalue weighted by Crippen LogP contribution is -2.92. The highest BCUT2D eigenvalue weighted by molar-refractivity contribution is 5.93. The third kappa shape index (κ3) is 4.77. The number of amides is 1. The van der Waals surface area contributed by atoms with E-state index in [2.05, 4.69) is 5.32 Å². The zero-order chi connectivity index (χ0) is 19.2. The lowest BCUT2D eigenvalue weighted by atomic mass is 9.98. The Labute approximate surface area is 157 Å². The van der Waals surface area contributed by atoms with Crippen LogP contribution in [0.5, 0.6) is 0 Å². The molecule has 3 aromatic rings. The number of carbonyl (C=O) groups is 1. The number of nitrogens with one attached hydrogen (secondary N) is 1. The van der Waals surface area contributed by atoms with Crippen LogP contribution in [0.1, 0.15) is 24.1 Å². The van der Waals surface area contributed by atoms with Crippen LogP contribution in [0.15, 0.2) is 78.9 Å². The summed E-state index contributed by atoms with van der Waals surface area (Å²) in [5.74, 6) is -1.66. The normalized spacial score (nSPS) is 12.0. The van der Waals surface area contributed by atoms with Gasteiger partial charge in [-0.25, -0.2) is 8.78 Å². The summed E-state index contributed by atoms with van der Waals surface area (Å²) < 4.78 is 27.1. The molecule has 27 heavy (non-hydrogen) atoms. The average molecular weight is 367 g/mol. The Bertz CT molecular complexity index is 861. The standard InChI is InChI=1S/C22H20F2N2O/c1-15(22(27)26-20-14-18(23)12-13-19(20)24)25-21(16-8-4-2-5-9-16)17-10-6-3-7-11-17/h2-15,21,25H,1H3,(H,26,27)/p+1/t15-/m1/s1. The van der Waals surface area contributed by atoms with Gasteiger partial charge < -0.3 is 10.6 Å². The SMILES string of the molecule is C[C@@H]([NH2+]C(c1ccccc1)c1ccccc1)C(=O)Nc1cc(F)ccc1F. The highest BCUT2D eigenvalue weighted by Crippen LogP contribution is 2.19. The molecule has 0 saturated heterocycles. The Kier molecular flexibility index (Phi) is 5.94. The molecule has 0 heterocycles. The second kappa shape index (κ2) is 8.56. The fraction of sp³-hybridized carbons (Fsp3) is 0.136.